The molecule has 2 rings (SSSR count). The van der Waals surface area contributed by atoms with Gasteiger partial charge in [0.2, 0.25) is 0 Å². The Hall–Kier alpha value is -2.36. The van der Waals surface area contributed by atoms with Gasteiger partial charge < -0.3 is 9.47 Å². The highest BCUT2D eigenvalue weighted by atomic mass is 16.6. The van der Waals surface area contributed by atoms with Crippen molar-refractivity contribution in [2.75, 3.05) is 13.2 Å². The summed E-state index contributed by atoms with van der Waals surface area (Å²) in [5, 5.41) is 0. The molecule has 0 saturated heterocycles. The average molecular weight is 300 g/mol. The monoisotopic (exact) mass is 300 g/mol. The molecule has 0 aromatic heterocycles. The van der Waals surface area contributed by atoms with Gasteiger partial charge in [-0.25, -0.2) is 0 Å². The lowest BCUT2D eigenvalue weighted by molar-refractivity contribution is -0.167. The van der Waals surface area contributed by atoms with Gasteiger partial charge in [-0.2, -0.15) is 0 Å². The standard InChI is InChI=1S/C18H20O4/c1-3-21-16(19)18(17(20)22-4-2)12-8-11-15(13-18)14-9-6-5-7-10-14/h5-12H,3-4,13H2,1-2H3. The predicted molar refractivity (Wildman–Crippen MR) is 83.9 cm³/mol. The number of esters is 2. The number of ether oxygens (including phenoxy) is 2. The summed E-state index contributed by atoms with van der Waals surface area (Å²) in [6.07, 6.45) is 5.45. The molecule has 0 bridgehead atoms. The zero-order valence-electron chi connectivity index (χ0n) is 12.9. The van der Waals surface area contributed by atoms with Crippen molar-refractivity contribution in [2.45, 2.75) is 20.3 Å². The predicted octanol–water partition coefficient (Wildman–Crippen LogP) is 3.14. The SMILES string of the molecule is CCOC(=O)C1(C(=O)OCC)C=CC=C(c2ccccc2)C1. The van der Waals surface area contributed by atoms with E-state index in [1.54, 1.807) is 26.0 Å². The van der Waals surface area contributed by atoms with Crippen LogP contribution in [0.4, 0.5) is 0 Å². The maximum atomic E-state index is 12.4. The summed E-state index contributed by atoms with van der Waals surface area (Å²) in [5.74, 6) is -1.13. The molecule has 0 unspecified atom stereocenters. The normalized spacial score (nSPS) is 15.8. The topological polar surface area (TPSA) is 52.6 Å². The van der Waals surface area contributed by atoms with E-state index in [1.165, 1.54) is 0 Å². The van der Waals surface area contributed by atoms with Gasteiger partial charge in [-0.05, 0) is 25.0 Å². The number of rotatable bonds is 5. The molecule has 1 aromatic rings. The first-order valence-electron chi connectivity index (χ1n) is 7.42. The Morgan fingerprint density at radius 2 is 1.64 bits per heavy atom. The number of carbonyl (C=O) groups excluding carboxylic acids is 2. The van der Waals surface area contributed by atoms with Gasteiger partial charge in [-0.15, -0.1) is 0 Å². The van der Waals surface area contributed by atoms with Gasteiger partial charge in [0.1, 0.15) is 0 Å². The smallest absolute Gasteiger partial charge is 0.327 e. The molecule has 0 amide bonds. The van der Waals surface area contributed by atoms with E-state index in [9.17, 15) is 9.59 Å². The maximum absolute atomic E-state index is 12.4. The van der Waals surface area contributed by atoms with Crippen molar-refractivity contribution < 1.29 is 19.1 Å². The number of carbonyl (C=O) groups is 2. The summed E-state index contributed by atoms with van der Waals surface area (Å²) in [6, 6.07) is 9.67. The van der Waals surface area contributed by atoms with Gasteiger partial charge >= 0.3 is 11.9 Å². The zero-order chi connectivity index (χ0) is 16.0. The average Bonchev–Trinajstić information content (AvgIpc) is 2.56. The second-order valence-electron chi connectivity index (χ2n) is 5.01. The molecule has 0 N–H and O–H groups in total. The number of benzene rings is 1. The molecule has 4 nitrogen and oxygen atoms in total. The van der Waals surface area contributed by atoms with Crippen LogP contribution in [0.3, 0.4) is 0 Å². The Bertz CT molecular complexity index is 581. The molecule has 1 aromatic carbocycles. The first-order valence-corrected chi connectivity index (χ1v) is 7.42. The summed E-state index contributed by atoms with van der Waals surface area (Å²) in [6.45, 7) is 3.88. The minimum absolute atomic E-state index is 0.220. The molecule has 0 spiro atoms. The van der Waals surface area contributed by atoms with Crippen LogP contribution in [0.15, 0.2) is 48.6 Å². The van der Waals surface area contributed by atoms with Crippen molar-refractivity contribution in [1.29, 1.82) is 0 Å². The van der Waals surface area contributed by atoms with Crippen molar-refractivity contribution in [3.8, 4) is 0 Å². The van der Waals surface area contributed by atoms with Crippen molar-refractivity contribution in [3.05, 3.63) is 54.1 Å². The molecule has 1 aliphatic rings. The highest BCUT2D eigenvalue weighted by molar-refractivity contribution is 6.04. The van der Waals surface area contributed by atoms with E-state index in [4.69, 9.17) is 9.47 Å². The van der Waals surface area contributed by atoms with Crippen molar-refractivity contribution in [1.82, 2.24) is 0 Å². The second kappa shape index (κ2) is 7.07. The van der Waals surface area contributed by atoms with Gasteiger partial charge in [-0.1, -0.05) is 48.6 Å². The summed E-state index contributed by atoms with van der Waals surface area (Å²) in [4.78, 5) is 24.8. The zero-order valence-corrected chi connectivity index (χ0v) is 12.9. The number of hydrogen-bond donors (Lipinski definition) is 0. The Labute approximate surface area is 130 Å². The Morgan fingerprint density at radius 3 is 2.18 bits per heavy atom. The Morgan fingerprint density at radius 1 is 1.05 bits per heavy atom. The highest BCUT2D eigenvalue weighted by Crippen LogP contribution is 2.38. The molecule has 22 heavy (non-hydrogen) atoms. The fraction of sp³-hybridized carbons (Fsp3) is 0.333. The molecule has 0 heterocycles. The van der Waals surface area contributed by atoms with Gasteiger partial charge in [0.15, 0.2) is 5.41 Å². The summed E-state index contributed by atoms with van der Waals surface area (Å²) < 4.78 is 10.2. The first kappa shape index (κ1) is 16.0. The van der Waals surface area contributed by atoms with Crippen LogP contribution in [0, 0.1) is 5.41 Å². The first-order chi connectivity index (χ1) is 10.6. The Balaban J connectivity index is 2.36. The maximum Gasteiger partial charge on any atom is 0.327 e. The molecular weight excluding hydrogens is 280 g/mol. The van der Waals surface area contributed by atoms with Crippen LogP contribution >= 0.6 is 0 Å². The molecule has 4 heteroatoms. The van der Waals surface area contributed by atoms with Crippen molar-refractivity contribution in [2.24, 2.45) is 5.41 Å². The molecule has 0 fully saturated rings. The number of allylic oxidation sites excluding steroid dienone is 3. The van der Waals surface area contributed by atoms with Gasteiger partial charge in [0.25, 0.3) is 0 Å². The summed E-state index contributed by atoms with van der Waals surface area (Å²) >= 11 is 0. The van der Waals surface area contributed by atoms with Crippen LogP contribution < -0.4 is 0 Å². The fourth-order valence-electron chi connectivity index (χ4n) is 2.48. The molecular formula is C18H20O4. The number of hydrogen-bond acceptors (Lipinski definition) is 4. The lowest BCUT2D eigenvalue weighted by Gasteiger charge is -2.29. The van der Waals surface area contributed by atoms with Crippen LogP contribution in [0.2, 0.25) is 0 Å². The van der Waals surface area contributed by atoms with E-state index in [0.29, 0.717) is 0 Å². The van der Waals surface area contributed by atoms with Crippen LogP contribution in [-0.2, 0) is 19.1 Å². The third-order valence-electron chi connectivity index (χ3n) is 3.57. The molecule has 1 aliphatic carbocycles. The lowest BCUT2D eigenvalue weighted by atomic mass is 9.76. The molecule has 0 saturated carbocycles. The van der Waals surface area contributed by atoms with E-state index in [1.807, 2.05) is 36.4 Å². The molecule has 0 atom stereocenters. The summed E-state index contributed by atoms with van der Waals surface area (Å²) in [7, 11) is 0. The second-order valence-corrected chi connectivity index (χ2v) is 5.01. The van der Waals surface area contributed by atoms with Crippen molar-refractivity contribution in [3.63, 3.8) is 0 Å². The van der Waals surface area contributed by atoms with E-state index < -0.39 is 17.4 Å². The molecule has 116 valence electrons. The third kappa shape index (κ3) is 3.11. The van der Waals surface area contributed by atoms with E-state index >= 15 is 0 Å². The largest absolute Gasteiger partial charge is 0.465 e. The minimum Gasteiger partial charge on any atom is -0.465 e. The molecule has 0 radical (unpaired) electrons. The lowest BCUT2D eigenvalue weighted by Crippen LogP contribution is -2.41. The highest BCUT2D eigenvalue weighted by Gasteiger charge is 2.48. The van der Waals surface area contributed by atoms with Gasteiger partial charge in [-0.3, -0.25) is 9.59 Å². The fourth-order valence-corrected chi connectivity index (χ4v) is 2.48. The van der Waals surface area contributed by atoms with Crippen LogP contribution in [0.25, 0.3) is 5.57 Å². The van der Waals surface area contributed by atoms with Crippen molar-refractivity contribution >= 4 is 17.5 Å². The molecule has 0 aliphatic heterocycles. The minimum atomic E-state index is -1.40. The van der Waals surface area contributed by atoms with Gasteiger partial charge in [0.05, 0.1) is 13.2 Å². The Kier molecular flexibility index (Phi) is 5.15. The quantitative estimate of drug-likeness (QED) is 0.619. The van der Waals surface area contributed by atoms with Crippen LogP contribution in [0.1, 0.15) is 25.8 Å². The van der Waals surface area contributed by atoms with E-state index in [0.717, 1.165) is 11.1 Å². The van der Waals surface area contributed by atoms with Crippen LogP contribution in [-0.4, -0.2) is 25.2 Å². The van der Waals surface area contributed by atoms with E-state index in [2.05, 4.69) is 0 Å². The third-order valence-corrected chi connectivity index (χ3v) is 3.57. The van der Waals surface area contributed by atoms with E-state index in [-0.39, 0.29) is 19.6 Å². The van der Waals surface area contributed by atoms with Crippen LogP contribution in [0.5, 0.6) is 0 Å². The summed E-state index contributed by atoms with van der Waals surface area (Å²) in [5.41, 5.74) is 0.486. The van der Waals surface area contributed by atoms with Gasteiger partial charge in [0, 0.05) is 6.42 Å².